The van der Waals surface area contributed by atoms with Crippen LogP contribution >= 0.6 is 0 Å². The molecule has 1 aromatic carbocycles. The van der Waals surface area contributed by atoms with Crippen molar-refractivity contribution in [2.75, 3.05) is 31.1 Å². The zero-order valence-corrected chi connectivity index (χ0v) is 12.7. The number of nitrogens with two attached hydrogens (primary N) is 1. The van der Waals surface area contributed by atoms with Crippen LogP contribution in [0.2, 0.25) is 0 Å². The molecule has 2 N–H and O–H groups in total. The Morgan fingerprint density at radius 3 is 2.67 bits per heavy atom. The first-order chi connectivity index (χ1) is 10.1. The highest BCUT2D eigenvalue weighted by molar-refractivity contribution is 5.99. The van der Waals surface area contributed by atoms with Gasteiger partial charge in [0, 0.05) is 37.3 Å². The fourth-order valence-electron chi connectivity index (χ4n) is 2.69. The van der Waals surface area contributed by atoms with E-state index in [9.17, 15) is 9.59 Å². The fourth-order valence-corrected chi connectivity index (χ4v) is 2.69. The molecule has 0 saturated carbocycles. The standard InChI is InChI=1S/C16H23N3O2/c1-3-18(4-2)16(21)13-6-5-7-14(9-13)19-11-12(10-17)8-15(19)20/h5-7,9,12H,3-4,8,10-11,17H2,1-2H3. The lowest BCUT2D eigenvalue weighted by Crippen LogP contribution is -2.31. The van der Waals surface area contributed by atoms with Crippen molar-refractivity contribution in [2.45, 2.75) is 20.3 Å². The molecule has 2 rings (SSSR count). The molecule has 0 aromatic heterocycles. The van der Waals surface area contributed by atoms with Gasteiger partial charge < -0.3 is 15.5 Å². The number of amides is 2. The van der Waals surface area contributed by atoms with Gasteiger partial charge >= 0.3 is 0 Å². The summed E-state index contributed by atoms with van der Waals surface area (Å²) in [5, 5.41) is 0. The van der Waals surface area contributed by atoms with Gasteiger partial charge in [-0.1, -0.05) is 6.07 Å². The largest absolute Gasteiger partial charge is 0.339 e. The molecule has 1 aliphatic heterocycles. The molecule has 114 valence electrons. The third-order valence-corrected chi connectivity index (χ3v) is 3.99. The Bertz CT molecular complexity index is 526. The molecular weight excluding hydrogens is 266 g/mol. The van der Waals surface area contributed by atoms with E-state index in [2.05, 4.69) is 0 Å². The monoisotopic (exact) mass is 289 g/mol. The summed E-state index contributed by atoms with van der Waals surface area (Å²) in [7, 11) is 0. The lowest BCUT2D eigenvalue weighted by Gasteiger charge is -2.21. The maximum atomic E-state index is 12.4. The smallest absolute Gasteiger partial charge is 0.253 e. The Morgan fingerprint density at radius 1 is 1.38 bits per heavy atom. The number of carbonyl (C=O) groups is 2. The summed E-state index contributed by atoms with van der Waals surface area (Å²) in [6, 6.07) is 7.30. The second-order valence-corrected chi connectivity index (χ2v) is 5.34. The van der Waals surface area contributed by atoms with Crippen LogP contribution in [-0.4, -0.2) is 42.9 Å². The van der Waals surface area contributed by atoms with Gasteiger partial charge in [-0.3, -0.25) is 9.59 Å². The van der Waals surface area contributed by atoms with Gasteiger partial charge in [-0.2, -0.15) is 0 Å². The highest BCUT2D eigenvalue weighted by atomic mass is 16.2. The maximum absolute atomic E-state index is 12.4. The van der Waals surface area contributed by atoms with Gasteiger partial charge in [-0.15, -0.1) is 0 Å². The molecule has 1 saturated heterocycles. The average molecular weight is 289 g/mol. The lowest BCUT2D eigenvalue weighted by molar-refractivity contribution is -0.117. The van der Waals surface area contributed by atoms with Crippen molar-refractivity contribution >= 4 is 17.5 Å². The van der Waals surface area contributed by atoms with Gasteiger partial charge in [0.2, 0.25) is 5.91 Å². The minimum atomic E-state index is 0.00358. The number of carbonyl (C=O) groups excluding carboxylic acids is 2. The van der Waals surface area contributed by atoms with Crippen molar-refractivity contribution in [2.24, 2.45) is 11.7 Å². The van der Waals surface area contributed by atoms with Crippen LogP contribution in [0.5, 0.6) is 0 Å². The van der Waals surface area contributed by atoms with Gasteiger partial charge in [-0.05, 0) is 44.5 Å². The Labute approximate surface area is 125 Å². The fraction of sp³-hybridized carbons (Fsp3) is 0.500. The summed E-state index contributed by atoms with van der Waals surface area (Å²) >= 11 is 0. The van der Waals surface area contributed by atoms with Crippen molar-refractivity contribution < 1.29 is 9.59 Å². The van der Waals surface area contributed by atoms with Crippen molar-refractivity contribution in [3.8, 4) is 0 Å². The summed E-state index contributed by atoms with van der Waals surface area (Å²) in [5.74, 6) is 0.293. The van der Waals surface area contributed by atoms with Crippen LogP contribution in [0.15, 0.2) is 24.3 Å². The summed E-state index contributed by atoms with van der Waals surface area (Å²) in [4.78, 5) is 27.9. The van der Waals surface area contributed by atoms with Crippen LogP contribution in [0.4, 0.5) is 5.69 Å². The van der Waals surface area contributed by atoms with Crippen LogP contribution in [0, 0.1) is 5.92 Å². The highest BCUT2D eigenvalue weighted by Gasteiger charge is 2.30. The van der Waals surface area contributed by atoms with Crippen molar-refractivity contribution in [1.82, 2.24) is 4.90 Å². The van der Waals surface area contributed by atoms with Crippen molar-refractivity contribution in [1.29, 1.82) is 0 Å². The molecule has 1 aliphatic rings. The van der Waals surface area contributed by atoms with E-state index in [1.165, 1.54) is 0 Å². The molecule has 1 heterocycles. The third kappa shape index (κ3) is 3.24. The molecular formula is C16H23N3O2. The van der Waals surface area contributed by atoms with Crippen LogP contribution in [-0.2, 0) is 4.79 Å². The second-order valence-electron chi connectivity index (χ2n) is 5.34. The summed E-state index contributed by atoms with van der Waals surface area (Å²) < 4.78 is 0. The van der Waals surface area contributed by atoms with E-state index in [4.69, 9.17) is 5.73 Å². The number of nitrogens with zero attached hydrogens (tertiary/aromatic N) is 2. The van der Waals surface area contributed by atoms with Crippen molar-refractivity contribution in [3.05, 3.63) is 29.8 Å². The molecule has 0 radical (unpaired) electrons. The predicted octanol–water partition coefficient (Wildman–Crippen LogP) is 1.48. The van der Waals surface area contributed by atoms with Gasteiger partial charge in [-0.25, -0.2) is 0 Å². The van der Waals surface area contributed by atoms with E-state index in [0.29, 0.717) is 38.2 Å². The number of rotatable bonds is 5. The van der Waals surface area contributed by atoms with Gasteiger partial charge in [0.25, 0.3) is 5.91 Å². The Morgan fingerprint density at radius 2 is 2.10 bits per heavy atom. The first-order valence-corrected chi connectivity index (χ1v) is 7.50. The van der Waals surface area contributed by atoms with Crippen LogP contribution < -0.4 is 10.6 Å². The average Bonchev–Trinajstić information content (AvgIpc) is 2.89. The molecule has 1 atom stereocenters. The predicted molar refractivity (Wildman–Crippen MR) is 83.2 cm³/mol. The van der Waals surface area contributed by atoms with Gasteiger partial charge in [0.05, 0.1) is 0 Å². The molecule has 5 heteroatoms. The minimum Gasteiger partial charge on any atom is -0.339 e. The number of anilines is 1. The number of hydrogen-bond donors (Lipinski definition) is 1. The molecule has 0 spiro atoms. The van der Waals surface area contributed by atoms with E-state index in [-0.39, 0.29) is 17.7 Å². The zero-order valence-electron chi connectivity index (χ0n) is 12.7. The highest BCUT2D eigenvalue weighted by Crippen LogP contribution is 2.25. The summed E-state index contributed by atoms with van der Waals surface area (Å²) in [6.07, 6.45) is 0.491. The molecule has 21 heavy (non-hydrogen) atoms. The number of benzene rings is 1. The minimum absolute atomic E-state index is 0.00358. The molecule has 0 bridgehead atoms. The second kappa shape index (κ2) is 6.72. The quantitative estimate of drug-likeness (QED) is 0.893. The van der Waals surface area contributed by atoms with Gasteiger partial charge in [0.15, 0.2) is 0 Å². The Balaban J connectivity index is 2.22. The van der Waals surface area contributed by atoms with E-state index in [1.54, 1.807) is 21.9 Å². The molecule has 1 fully saturated rings. The molecule has 0 aliphatic carbocycles. The number of hydrogen-bond acceptors (Lipinski definition) is 3. The summed E-state index contributed by atoms with van der Waals surface area (Å²) in [6.45, 7) is 6.43. The van der Waals surface area contributed by atoms with E-state index in [0.717, 1.165) is 5.69 Å². The van der Waals surface area contributed by atoms with E-state index >= 15 is 0 Å². The van der Waals surface area contributed by atoms with Crippen LogP contribution in [0.1, 0.15) is 30.6 Å². The molecule has 1 unspecified atom stereocenters. The van der Waals surface area contributed by atoms with E-state index < -0.39 is 0 Å². The summed E-state index contributed by atoms with van der Waals surface area (Å²) in [5.41, 5.74) is 7.06. The Kier molecular flexibility index (Phi) is 4.96. The molecule has 1 aromatic rings. The first kappa shape index (κ1) is 15.5. The third-order valence-electron chi connectivity index (χ3n) is 3.99. The molecule has 5 nitrogen and oxygen atoms in total. The van der Waals surface area contributed by atoms with Crippen LogP contribution in [0.25, 0.3) is 0 Å². The normalized spacial score (nSPS) is 18.1. The SMILES string of the molecule is CCN(CC)C(=O)c1cccc(N2CC(CN)CC2=O)c1. The zero-order chi connectivity index (χ0) is 15.4. The Hall–Kier alpha value is -1.88. The maximum Gasteiger partial charge on any atom is 0.253 e. The van der Waals surface area contributed by atoms with E-state index in [1.807, 2.05) is 26.0 Å². The first-order valence-electron chi connectivity index (χ1n) is 7.50. The molecule has 2 amide bonds. The van der Waals surface area contributed by atoms with Crippen LogP contribution in [0.3, 0.4) is 0 Å². The van der Waals surface area contributed by atoms with Crippen molar-refractivity contribution in [3.63, 3.8) is 0 Å². The lowest BCUT2D eigenvalue weighted by atomic mass is 10.1. The topological polar surface area (TPSA) is 66.6 Å². The van der Waals surface area contributed by atoms with Gasteiger partial charge in [0.1, 0.15) is 0 Å².